The lowest BCUT2D eigenvalue weighted by molar-refractivity contribution is -0.0893. The molecule has 0 aliphatic carbocycles. The highest BCUT2D eigenvalue weighted by molar-refractivity contribution is 7.85. The van der Waals surface area contributed by atoms with Gasteiger partial charge in [-0.1, -0.05) is 12.1 Å². The fraction of sp³-hybridized carbons (Fsp3) is 0.462. The van der Waals surface area contributed by atoms with Gasteiger partial charge in [0, 0.05) is 12.3 Å². The summed E-state index contributed by atoms with van der Waals surface area (Å²) in [6.45, 7) is 0.0616. The van der Waals surface area contributed by atoms with Crippen LogP contribution in [-0.2, 0) is 19.2 Å². The average molecular weight is 330 g/mol. The first-order chi connectivity index (χ1) is 10.4. The third kappa shape index (κ3) is 4.41. The molecule has 0 unspecified atom stereocenters. The number of ether oxygens (including phenoxy) is 1. The Morgan fingerprint density at radius 1 is 1.45 bits per heavy atom. The minimum atomic E-state index is -4.31. The van der Waals surface area contributed by atoms with Gasteiger partial charge in [0.25, 0.3) is 5.91 Å². The van der Waals surface area contributed by atoms with Crippen molar-refractivity contribution >= 4 is 21.9 Å². The Morgan fingerprint density at radius 3 is 2.86 bits per heavy atom. The molecule has 0 bridgehead atoms. The van der Waals surface area contributed by atoms with Gasteiger partial charge < -0.3 is 15.6 Å². The molecule has 0 spiro atoms. The highest BCUT2D eigenvalue weighted by Gasteiger charge is 2.27. The minimum absolute atomic E-state index is 0.0311. The van der Waals surface area contributed by atoms with E-state index < -0.39 is 28.4 Å². The second-order valence-electron chi connectivity index (χ2n) is 4.88. The molecule has 1 fully saturated rings. The Kier molecular flexibility index (Phi) is 5.35. The minimum Gasteiger partial charge on any atom is -0.398 e. The Hall–Kier alpha value is -1.68. The zero-order valence-corrected chi connectivity index (χ0v) is 12.6. The van der Waals surface area contributed by atoms with Crippen LogP contribution in [0.2, 0.25) is 0 Å². The van der Waals surface area contributed by atoms with Crippen LogP contribution in [0.15, 0.2) is 24.3 Å². The van der Waals surface area contributed by atoms with Gasteiger partial charge in [0.15, 0.2) is 0 Å². The number of amides is 1. The Morgan fingerprint density at radius 2 is 2.18 bits per heavy atom. The van der Waals surface area contributed by atoms with Crippen LogP contribution in [-0.4, -0.2) is 44.9 Å². The van der Waals surface area contributed by atoms with E-state index in [0.717, 1.165) is 0 Å². The summed E-state index contributed by atoms with van der Waals surface area (Å²) < 4.78 is 35.2. The highest BCUT2D eigenvalue weighted by Crippen LogP contribution is 2.15. The summed E-state index contributed by atoms with van der Waals surface area (Å²) in [6.07, 6.45) is -0.304. The molecule has 1 saturated heterocycles. The third-order valence-electron chi connectivity index (χ3n) is 3.22. The van der Waals surface area contributed by atoms with Gasteiger partial charge in [-0.05, 0) is 25.0 Å². The van der Waals surface area contributed by atoms with Gasteiger partial charge in [0.2, 0.25) is 0 Å². The summed E-state index contributed by atoms with van der Waals surface area (Å²) in [5.41, 5.74) is 5.78. The zero-order valence-electron chi connectivity index (χ0n) is 11.8. The molecule has 2 atom stereocenters. The number of anilines is 1. The number of para-hydroxylation sites is 1. The topological polar surface area (TPSA) is 128 Å². The second-order valence-corrected chi connectivity index (χ2v) is 6.22. The van der Waals surface area contributed by atoms with Gasteiger partial charge in [-0.15, -0.1) is 0 Å². The molecule has 122 valence electrons. The van der Waals surface area contributed by atoms with Gasteiger partial charge >= 0.3 is 10.3 Å². The molecule has 22 heavy (non-hydrogen) atoms. The molecule has 1 aliphatic heterocycles. The van der Waals surface area contributed by atoms with E-state index in [1.165, 1.54) is 12.1 Å². The summed E-state index contributed by atoms with van der Waals surface area (Å²) in [5, 5.41) is 9.66. The fourth-order valence-corrected chi connectivity index (χ4v) is 2.75. The number of carbonyl (C=O) groups excluding carboxylic acids is 1. The van der Waals surface area contributed by atoms with Gasteiger partial charge in [-0.2, -0.15) is 8.42 Å². The van der Waals surface area contributed by atoms with Gasteiger partial charge in [-0.3, -0.25) is 8.98 Å². The summed E-state index contributed by atoms with van der Waals surface area (Å²) in [4.78, 5) is 11.9. The Bertz CT molecular complexity index is 633. The van der Waals surface area contributed by atoms with Crippen molar-refractivity contribution in [1.29, 1.82) is 0 Å². The zero-order chi connectivity index (χ0) is 16.2. The molecule has 8 nitrogen and oxygen atoms in total. The van der Waals surface area contributed by atoms with E-state index in [1.807, 2.05) is 0 Å². The van der Waals surface area contributed by atoms with Gasteiger partial charge in [-0.25, -0.2) is 4.72 Å². The lowest BCUT2D eigenvalue weighted by Gasteiger charge is -2.27. The van der Waals surface area contributed by atoms with Crippen molar-refractivity contribution in [2.45, 2.75) is 25.0 Å². The third-order valence-corrected chi connectivity index (χ3v) is 4.10. The number of nitrogen functional groups attached to an aromatic ring is 1. The van der Waals surface area contributed by atoms with Crippen LogP contribution in [0.4, 0.5) is 5.69 Å². The van der Waals surface area contributed by atoms with Crippen LogP contribution in [0.25, 0.3) is 0 Å². The van der Waals surface area contributed by atoms with E-state index in [4.69, 9.17) is 10.5 Å². The molecule has 0 radical (unpaired) electrons. The maximum absolute atomic E-state index is 11.9. The number of carbonyl (C=O) groups is 1. The molecule has 1 heterocycles. The smallest absolute Gasteiger partial charge is 0.362 e. The van der Waals surface area contributed by atoms with E-state index in [-0.39, 0.29) is 17.9 Å². The first-order valence-electron chi connectivity index (χ1n) is 6.75. The SMILES string of the molecule is Nc1ccccc1C(=O)NS(=O)(=O)OC[C@H]1OCCC[C@@H]1O. The van der Waals surface area contributed by atoms with E-state index in [0.29, 0.717) is 19.4 Å². The maximum atomic E-state index is 11.9. The largest absolute Gasteiger partial charge is 0.398 e. The number of nitrogens with two attached hydrogens (primary N) is 1. The van der Waals surface area contributed by atoms with Crippen LogP contribution in [0.3, 0.4) is 0 Å². The monoisotopic (exact) mass is 330 g/mol. The lowest BCUT2D eigenvalue weighted by atomic mass is 10.1. The number of aliphatic hydroxyl groups is 1. The summed E-state index contributed by atoms with van der Waals surface area (Å²) in [6, 6.07) is 6.06. The number of hydrogen-bond donors (Lipinski definition) is 3. The van der Waals surface area contributed by atoms with E-state index in [2.05, 4.69) is 4.18 Å². The number of rotatable bonds is 5. The molecule has 1 aromatic carbocycles. The fourth-order valence-electron chi connectivity index (χ4n) is 2.04. The molecular weight excluding hydrogens is 312 g/mol. The van der Waals surface area contributed by atoms with E-state index >= 15 is 0 Å². The van der Waals surface area contributed by atoms with Crippen LogP contribution in [0, 0.1) is 0 Å². The molecule has 4 N–H and O–H groups in total. The highest BCUT2D eigenvalue weighted by atomic mass is 32.2. The predicted molar refractivity (Wildman–Crippen MR) is 78.2 cm³/mol. The summed E-state index contributed by atoms with van der Waals surface area (Å²) in [5.74, 6) is -0.886. The van der Waals surface area contributed by atoms with Gasteiger partial charge in [0.1, 0.15) is 6.10 Å². The number of nitrogens with one attached hydrogen (secondary N) is 1. The number of aliphatic hydroxyl groups excluding tert-OH is 1. The molecule has 2 rings (SSSR count). The normalized spacial score (nSPS) is 22.2. The first-order valence-corrected chi connectivity index (χ1v) is 8.15. The number of benzene rings is 1. The maximum Gasteiger partial charge on any atom is 0.362 e. The average Bonchev–Trinajstić information content (AvgIpc) is 2.46. The lowest BCUT2D eigenvalue weighted by Crippen LogP contribution is -2.40. The van der Waals surface area contributed by atoms with Crippen LogP contribution in [0.5, 0.6) is 0 Å². The van der Waals surface area contributed by atoms with Crippen molar-refractivity contribution in [2.75, 3.05) is 18.9 Å². The second kappa shape index (κ2) is 7.05. The van der Waals surface area contributed by atoms with Crippen molar-refractivity contribution < 1.29 is 27.2 Å². The Balaban J connectivity index is 1.93. The quantitative estimate of drug-likeness (QED) is 0.638. The van der Waals surface area contributed by atoms with Crippen LogP contribution in [0.1, 0.15) is 23.2 Å². The molecule has 0 aromatic heterocycles. The van der Waals surface area contributed by atoms with Crippen molar-refractivity contribution in [3.63, 3.8) is 0 Å². The first kappa shape index (κ1) is 16.7. The molecule has 0 saturated carbocycles. The molecule has 1 aromatic rings. The Labute approximate surface area is 128 Å². The van der Waals surface area contributed by atoms with Crippen molar-refractivity contribution in [1.82, 2.24) is 4.72 Å². The van der Waals surface area contributed by atoms with Crippen molar-refractivity contribution in [3.8, 4) is 0 Å². The van der Waals surface area contributed by atoms with E-state index in [9.17, 15) is 18.3 Å². The molecule has 1 aliphatic rings. The molecular formula is C13H18N2O6S. The predicted octanol–water partition coefficient (Wildman–Crippen LogP) is -0.200. The van der Waals surface area contributed by atoms with E-state index in [1.54, 1.807) is 16.9 Å². The summed E-state index contributed by atoms with van der Waals surface area (Å²) >= 11 is 0. The van der Waals surface area contributed by atoms with Crippen molar-refractivity contribution in [3.05, 3.63) is 29.8 Å². The van der Waals surface area contributed by atoms with Crippen molar-refractivity contribution in [2.24, 2.45) is 0 Å². The van der Waals surface area contributed by atoms with Gasteiger partial charge in [0.05, 0.1) is 18.3 Å². The van der Waals surface area contributed by atoms with Crippen LogP contribution >= 0.6 is 0 Å². The van der Waals surface area contributed by atoms with Crippen LogP contribution < -0.4 is 10.5 Å². The standard InChI is InChI=1S/C13H18N2O6S/c14-10-5-2-1-4-9(10)13(17)15-22(18,19)21-8-12-11(16)6-3-7-20-12/h1-2,4-5,11-12,16H,3,6-8,14H2,(H,15,17)/t11-,12+/m0/s1. The number of hydrogen-bond acceptors (Lipinski definition) is 7. The summed E-state index contributed by atoms with van der Waals surface area (Å²) in [7, 11) is -4.31. The molecule has 1 amide bonds. The molecule has 9 heteroatoms.